The van der Waals surface area contributed by atoms with Crippen molar-refractivity contribution in [1.29, 1.82) is 0 Å². The molecule has 1 heterocycles. The number of nitrogens with two attached hydrogens (primary N) is 1. The van der Waals surface area contributed by atoms with Gasteiger partial charge in [0.05, 0.1) is 0 Å². The Kier molecular flexibility index (Phi) is 4.87. The summed E-state index contributed by atoms with van der Waals surface area (Å²) in [7, 11) is 0. The van der Waals surface area contributed by atoms with Gasteiger partial charge in [0.15, 0.2) is 0 Å². The Labute approximate surface area is 111 Å². The molecule has 0 saturated carbocycles. The topological polar surface area (TPSA) is 38.0 Å². The standard InChI is InChI=1S/C14H17FN2S/c15-12-8-6-11(7-9-12)14(17-16)5-1-3-13-4-2-10-18-13/h2,4,6-10,14,17H,1,3,5,16H2. The number of aryl methyl sites for hydroxylation is 1. The number of thiophene rings is 1. The predicted molar refractivity (Wildman–Crippen MR) is 73.7 cm³/mol. The molecule has 0 spiro atoms. The van der Waals surface area contributed by atoms with E-state index in [2.05, 4.69) is 22.9 Å². The Bertz CT molecular complexity index is 453. The number of nitrogens with one attached hydrogen (secondary N) is 1. The SMILES string of the molecule is NNC(CCCc1cccs1)c1ccc(F)cc1. The van der Waals surface area contributed by atoms with E-state index in [0.717, 1.165) is 24.8 Å². The minimum absolute atomic E-state index is 0.0885. The zero-order valence-electron chi connectivity index (χ0n) is 10.1. The fourth-order valence-electron chi connectivity index (χ4n) is 1.98. The zero-order valence-corrected chi connectivity index (χ0v) is 10.9. The second kappa shape index (κ2) is 6.64. The Balaban J connectivity index is 1.87. The first-order valence-corrected chi connectivity index (χ1v) is 6.91. The van der Waals surface area contributed by atoms with E-state index in [1.54, 1.807) is 23.5 Å². The average molecular weight is 264 g/mol. The van der Waals surface area contributed by atoms with Crippen molar-refractivity contribution in [2.45, 2.75) is 25.3 Å². The lowest BCUT2D eigenvalue weighted by molar-refractivity contribution is 0.498. The van der Waals surface area contributed by atoms with E-state index in [4.69, 9.17) is 5.84 Å². The second-order valence-electron chi connectivity index (χ2n) is 4.24. The Morgan fingerprint density at radius 3 is 2.61 bits per heavy atom. The minimum Gasteiger partial charge on any atom is -0.271 e. The van der Waals surface area contributed by atoms with Crippen LogP contribution >= 0.6 is 11.3 Å². The van der Waals surface area contributed by atoms with Gasteiger partial charge in [0.2, 0.25) is 0 Å². The molecule has 96 valence electrons. The molecule has 2 nitrogen and oxygen atoms in total. The first-order chi connectivity index (χ1) is 8.79. The van der Waals surface area contributed by atoms with Gasteiger partial charge in [-0.3, -0.25) is 11.3 Å². The highest BCUT2D eigenvalue weighted by Gasteiger charge is 2.09. The summed E-state index contributed by atoms with van der Waals surface area (Å²) in [5.74, 6) is 5.35. The molecule has 2 rings (SSSR count). The molecule has 1 atom stereocenters. The van der Waals surface area contributed by atoms with E-state index in [0.29, 0.717) is 0 Å². The summed E-state index contributed by atoms with van der Waals surface area (Å²) in [5, 5.41) is 2.09. The van der Waals surface area contributed by atoms with Crippen LogP contribution < -0.4 is 11.3 Å². The maximum absolute atomic E-state index is 12.8. The van der Waals surface area contributed by atoms with Gasteiger partial charge >= 0.3 is 0 Å². The second-order valence-corrected chi connectivity index (χ2v) is 5.27. The molecule has 18 heavy (non-hydrogen) atoms. The maximum Gasteiger partial charge on any atom is 0.123 e. The first kappa shape index (κ1) is 13.2. The van der Waals surface area contributed by atoms with E-state index in [9.17, 15) is 4.39 Å². The third-order valence-corrected chi connectivity index (χ3v) is 3.91. The molecule has 2 aromatic rings. The highest BCUT2D eigenvalue weighted by molar-refractivity contribution is 7.09. The highest BCUT2D eigenvalue weighted by atomic mass is 32.1. The predicted octanol–water partition coefficient (Wildman–Crippen LogP) is 3.41. The molecule has 0 radical (unpaired) electrons. The molecule has 1 aromatic carbocycles. The Hall–Kier alpha value is -1.23. The lowest BCUT2D eigenvalue weighted by Crippen LogP contribution is -2.28. The van der Waals surface area contributed by atoms with Crippen LogP contribution in [0.5, 0.6) is 0 Å². The quantitative estimate of drug-likeness (QED) is 0.620. The van der Waals surface area contributed by atoms with Crippen molar-refractivity contribution in [1.82, 2.24) is 5.43 Å². The van der Waals surface area contributed by atoms with Crippen LogP contribution in [0.15, 0.2) is 41.8 Å². The highest BCUT2D eigenvalue weighted by Crippen LogP contribution is 2.20. The normalized spacial score (nSPS) is 12.6. The molecule has 1 aromatic heterocycles. The van der Waals surface area contributed by atoms with Crippen molar-refractivity contribution in [2.24, 2.45) is 5.84 Å². The molecule has 1 unspecified atom stereocenters. The minimum atomic E-state index is -0.215. The maximum atomic E-state index is 12.8. The van der Waals surface area contributed by atoms with E-state index < -0.39 is 0 Å². The molecule has 0 aliphatic carbocycles. The molecule has 0 aliphatic rings. The summed E-state index contributed by atoms with van der Waals surface area (Å²) in [6.07, 6.45) is 3.07. The smallest absolute Gasteiger partial charge is 0.123 e. The van der Waals surface area contributed by atoms with E-state index in [1.807, 2.05) is 0 Å². The monoisotopic (exact) mass is 264 g/mol. The van der Waals surface area contributed by atoms with Crippen LogP contribution in [0, 0.1) is 5.82 Å². The zero-order chi connectivity index (χ0) is 12.8. The summed E-state index contributed by atoms with van der Waals surface area (Å²) < 4.78 is 12.8. The number of hydrogen-bond acceptors (Lipinski definition) is 3. The molecule has 4 heteroatoms. The van der Waals surface area contributed by atoms with Crippen molar-refractivity contribution < 1.29 is 4.39 Å². The third kappa shape index (κ3) is 3.63. The summed E-state index contributed by atoms with van der Waals surface area (Å²) in [6, 6.07) is 10.8. The number of hydrazine groups is 1. The van der Waals surface area contributed by atoms with Crippen LogP contribution in [0.4, 0.5) is 4.39 Å². The molecule has 3 N–H and O–H groups in total. The van der Waals surface area contributed by atoms with Gasteiger partial charge in [-0.1, -0.05) is 18.2 Å². The Morgan fingerprint density at radius 2 is 2.00 bits per heavy atom. The van der Waals surface area contributed by atoms with Crippen molar-refractivity contribution in [2.75, 3.05) is 0 Å². The van der Waals surface area contributed by atoms with Crippen molar-refractivity contribution in [3.05, 3.63) is 58.0 Å². The Morgan fingerprint density at radius 1 is 1.22 bits per heavy atom. The number of benzene rings is 1. The molecule has 0 saturated heterocycles. The number of hydrogen-bond donors (Lipinski definition) is 2. The van der Waals surface area contributed by atoms with Gasteiger partial charge in [-0.05, 0) is 48.4 Å². The van der Waals surface area contributed by atoms with Crippen LogP contribution in [0.3, 0.4) is 0 Å². The third-order valence-electron chi connectivity index (χ3n) is 2.97. The molecule has 0 fully saturated rings. The van der Waals surface area contributed by atoms with Crippen LogP contribution in [0.25, 0.3) is 0 Å². The van der Waals surface area contributed by atoms with Crippen LogP contribution in [0.2, 0.25) is 0 Å². The first-order valence-electron chi connectivity index (χ1n) is 6.03. The van der Waals surface area contributed by atoms with Gasteiger partial charge < -0.3 is 0 Å². The van der Waals surface area contributed by atoms with Crippen molar-refractivity contribution >= 4 is 11.3 Å². The molecular weight excluding hydrogens is 247 g/mol. The summed E-state index contributed by atoms with van der Waals surface area (Å²) in [4.78, 5) is 1.39. The van der Waals surface area contributed by atoms with Crippen molar-refractivity contribution in [3.8, 4) is 0 Å². The van der Waals surface area contributed by atoms with Crippen LogP contribution in [0.1, 0.15) is 29.3 Å². The lowest BCUT2D eigenvalue weighted by atomic mass is 10.0. The summed E-state index contributed by atoms with van der Waals surface area (Å²) >= 11 is 1.78. The van der Waals surface area contributed by atoms with Gasteiger partial charge in [0, 0.05) is 10.9 Å². The lowest BCUT2D eigenvalue weighted by Gasteiger charge is -2.15. The van der Waals surface area contributed by atoms with Gasteiger partial charge in [-0.25, -0.2) is 4.39 Å². The summed E-state index contributed by atoms with van der Waals surface area (Å²) in [5.41, 5.74) is 3.83. The molecule has 0 bridgehead atoms. The van der Waals surface area contributed by atoms with Crippen molar-refractivity contribution in [3.63, 3.8) is 0 Å². The van der Waals surface area contributed by atoms with Gasteiger partial charge in [0.1, 0.15) is 5.82 Å². The largest absolute Gasteiger partial charge is 0.271 e. The van der Waals surface area contributed by atoms with Gasteiger partial charge in [-0.15, -0.1) is 11.3 Å². The van der Waals surface area contributed by atoms with E-state index in [1.165, 1.54) is 17.0 Å². The van der Waals surface area contributed by atoms with Gasteiger partial charge in [-0.2, -0.15) is 0 Å². The van der Waals surface area contributed by atoms with Gasteiger partial charge in [0.25, 0.3) is 0 Å². The van der Waals surface area contributed by atoms with Crippen LogP contribution in [-0.4, -0.2) is 0 Å². The van der Waals surface area contributed by atoms with E-state index >= 15 is 0 Å². The van der Waals surface area contributed by atoms with Crippen LogP contribution in [-0.2, 0) is 6.42 Å². The number of rotatable bonds is 6. The van der Waals surface area contributed by atoms with E-state index in [-0.39, 0.29) is 11.9 Å². The molecule has 0 aliphatic heterocycles. The molecule has 0 amide bonds. The number of halogens is 1. The summed E-state index contributed by atoms with van der Waals surface area (Å²) in [6.45, 7) is 0. The fourth-order valence-corrected chi connectivity index (χ4v) is 2.73. The molecular formula is C14H17FN2S. The average Bonchev–Trinajstić information content (AvgIpc) is 2.89. The fraction of sp³-hybridized carbons (Fsp3) is 0.286.